The second-order valence-electron chi connectivity index (χ2n) is 7.35. The Hall–Kier alpha value is -3.89. The van der Waals surface area contributed by atoms with E-state index in [0.29, 0.717) is 22.0 Å². The summed E-state index contributed by atoms with van der Waals surface area (Å²) >= 11 is 0. The Morgan fingerprint density at radius 3 is 2.03 bits per heavy atom. The molecule has 0 saturated heterocycles. The third-order valence-corrected chi connectivity index (χ3v) is 5.22. The molecular formula is C22H16F6N5+. The molecular weight excluding hydrogens is 448 g/mol. The molecule has 0 spiro atoms. The first-order valence-corrected chi connectivity index (χ1v) is 9.52. The van der Waals surface area contributed by atoms with Crippen molar-refractivity contribution >= 4 is 27.6 Å². The highest BCUT2D eigenvalue weighted by Gasteiger charge is 2.37. The van der Waals surface area contributed by atoms with E-state index < -0.39 is 23.5 Å². The topological polar surface area (TPSA) is 81.3 Å². The van der Waals surface area contributed by atoms with Crippen LogP contribution < -0.4 is 11.3 Å². The van der Waals surface area contributed by atoms with Gasteiger partial charge in [0.25, 0.3) is 0 Å². The molecule has 4 aromatic rings. The number of para-hydroxylation sites is 1. The van der Waals surface area contributed by atoms with Crippen LogP contribution in [0, 0.1) is 0 Å². The SMILES string of the molecule is NN=NC(=[NH2+])c1ccc2c(c1)c1ccccc1n2Cc1cc(C(F)(F)F)cc(C(F)(F)F)c1. The van der Waals surface area contributed by atoms with Gasteiger partial charge in [0.05, 0.1) is 21.8 Å². The van der Waals surface area contributed by atoms with Crippen molar-refractivity contribution in [3.8, 4) is 0 Å². The molecule has 0 fully saturated rings. The molecule has 170 valence electrons. The Balaban J connectivity index is 1.91. The van der Waals surface area contributed by atoms with Crippen molar-refractivity contribution in [2.75, 3.05) is 0 Å². The second-order valence-corrected chi connectivity index (χ2v) is 7.35. The largest absolute Gasteiger partial charge is 0.416 e. The van der Waals surface area contributed by atoms with Crippen LogP contribution in [0.25, 0.3) is 21.8 Å². The summed E-state index contributed by atoms with van der Waals surface area (Å²) in [4.78, 5) is 0. The van der Waals surface area contributed by atoms with Gasteiger partial charge in [-0.25, -0.2) is 0 Å². The number of nitrogens with zero attached hydrogens (tertiary/aromatic N) is 3. The number of halogens is 6. The summed E-state index contributed by atoms with van der Waals surface area (Å²) < 4.78 is 81.4. The number of benzene rings is 3. The van der Waals surface area contributed by atoms with E-state index >= 15 is 0 Å². The third-order valence-electron chi connectivity index (χ3n) is 5.22. The molecule has 0 bridgehead atoms. The van der Waals surface area contributed by atoms with Gasteiger partial charge in [-0.2, -0.15) is 26.3 Å². The summed E-state index contributed by atoms with van der Waals surface area (Å²) in [7, 11) is 0. The van der Waals surface area contributed by atoms with Gasteiger partial charge in [0.15, 0.2) is 0 Å². The van der Waals surface area contributed by atoms with Crippen LogP contribution in [0.2, 0.25) is 0 Å². The lowest BCUT2D eigenvalue weighted by molar-refractivity contribution is -0.143. The highest BCUT2D eigenvalue weighted by Crippen LogP contribution is 2.37. The lowest BCUT2D eigenvalue weighted by atomic mass is 10.0. The van der Waals surface area contributed by atoms with Gasteiger partial charge in [-0.1, -0.05) is 18.2 Å². The number of hydrogen-bond acceptors (Lipinski definition) is 1. The zero-order valence-electron chi connectivity index (χ0n) is 16.7. The van der Waals surface area contributed by atoms with Gasteiger partial charge in [-0.15, -0.1) is 0 Å². The van der Waals surface area contributed by atoms with Crippen LogP contribution >= 0.6 is 0 Å². The van der Waals surface area contributed by atoms with Crippen molar-refractivity contribution in [3.05, 3.63) is 82.9 Å². The van der Waals surface area contributed by atoms with Crippen molar-refractivity contribution in [1.29, 1.82) is 0 Å². The van der Waals surface area contributed by atoms with Gasteiger partial charge >= 0.3 is 18.2 Å². The molecule has 0 aliphatic carbocycles. The van der Waals surface area contributed by atoms with E-state index in [1.54, 1.807) is 47.0 Å². The molecule has 1 aromatic heterocycles. The maximum Gasteiger partial charge on any atom is 0.416 e. The van der Waals surface area contributed by atoms with E-state index in [2.05, 4.69) is 10.3 Å². The van der Waals surface area contributed by atoms with Crippen molar-refractivity contribution in [1.82, 2.24) is 4.57 Å². The lowest BCUT2D eigenvalue weighted by Crippen LogP contribution is -2.38. The second kappa shape index (κ2) is 7.91. The summed E-state index contributed by atoms with van der Waals surface area (Å²) in [5.41, 5.74) is -1.10. The fourth-order valence-corrected chi connectivity index (χ4v) is 3.80. The molecule has 1 heterocycles. The summed E-state index contributed by atoms with van der Waals surface area (Å²) in [6.45, 7) is -0.210. The lowest BCUT2D eigenvalue weighted by Gasteiger charge is -2.15. The number of hydrogen-bond donors (Lipinski definition) is 2. The average molecular weight is 464 g/mol. The first kappa shape index (κ1) is 22.3. The maximum atomic E-state index is 13.3. The standard InChI is InChI=1S/C22H15F6N5/c23-21(24,25)14-7-12(8-15(10-14)22(26,27)28)11-33-18-4-2-1-3-16(18)17-9-13(5-6-19(17)33)20(29)31-32-30/h1-10H,11H2,(H3,29,30,31)/p+1. The summed E-state index contributed by atoms with van der Waals surface area (Å²) in [5, 5.41) is 14.0. The Kier molecular flexibility index (Phi) is 5.35. The molecule has 5 nitrogen and oxygen atoms in total. The zero-order valence-corrected chi connectivity index (χ0v) is 16.7. The normalized spacial score (nSPS) is 12.8. The Morgan fingerprint density at radius 2 is 1.42 bits per heavy atom. The minimum atomic E-state index is -4.92. The molecule has 0 aliphatic rings. The van der Waals surface area contributed by atoms with Gasteiger partial charge in [-0.3, -0.25) is 11.3 Å². The van der Waals surface area contributed by atoms with Crippen LogP contribution in [0.1, 0.15) is 22.3 Å². The number of fused-ring (bicyclic) bond motifs is 3. The third kappa shape index (κ3) is 4.26. The molecule has 4 N–H and O–H groups in total. The van der Waals surface area contributed by atoms with Crippen LogP contribution in [0.5, 0.6) is 0 Å². The first-order valence-electron chi connectivity index (χ1n) is 9.52. The number of aromatic nitrogens is 1. The Morgan fingerprint density at radius 1 is 0.818 bits per heavy atom. The Bertz CT molecular complexity index is 1370. The average Bonchev–Trinajstić information content (AvgIpc) is 3.06. The molecule has 11 heteroatoms. The fraction of sp³-hybridized carbons (Fsp3) is 0.136. The van der Waals surface area contributed by atoms with Crippen molar-refractivity contribution < 1.29 is 31.8 Å². The molecule has 0 saturated carbocycles. The van der Waals surface area contributed by atoms with Crippen molar-refractivity contribution in [2.24, 2.45) is 16.2 Å². The van der Waals surface area contributed by atoms with Crippen molar-refractivity contribution in [3.63, 3.8) is 0 Å². The van der Waals surface area contributed by atoms with Gasteiger partial charge in [0, 0.05) is 33.6 Å². The predicted molar refractivity (Wildman–Crippen MR) is 110 cm³/mol. The number of rotatable bonds is 3. The minimum absolute atomic E-state index is 0.0592. The fourth-order valence-electron chi connectivity index (χ4n) is 3.80. The van der Waals surface area contributed by atoms with E-state index in [-0.39, 0.29) is 24.0 Å². The summed E-state index contributed by atoms with van der Waals surface area (Å²) in [5.74, 6) is 5.10. The summed E-state index contributed by atoms with van der Waals surface area (Å²) in [6.07, 6.45) is -9.84. The molecule has 0 unspecified atom stereocenters. The molecule has 0 amide bonds. The van der Waals surface area contributed by atoms with Crippen LogP contribution in [0.15, 0.2) is 71.0 Å². The molecule has 4 rings (SSSR count). The van der Waals surface area contributed by atoms with Gasteiger partial charge in [-0.05, 0) is 48.0 Å². The molecule has 33 heavy (non-hydrogen) atoms. The van der Waals surface area contributed by atoms with Crippen LogP contribution in [-0.2, 0) is 18.9 Å². The van der Waals surface area contributed by atoms with Gasteiger partial charge in [0.2, 0.25) is 0 Å². The van der Waals surface area contributed by atoms with Crippen LogP contribution in [-0.4, -0.2) is 10.4 Å². The molecule has 0 atom stereocenters. The highest BCUT2D eigenvalue weighted by molar-refractivity contribution is 6.10. The van der Waals surface area contributed by atoms with E-state index in [1.165, 1.54) is 0 Å². The number of alkyl halides is 6. The van der Waals surface area contributed by atoms with E-state index in [0.717, 1.165) is 17.5 Å². The van der Waals surface area contributed by atoms with E-state index in [1.807, 2.05) is 0 Å². The first-order chi connectivity index (χ1) is 15.5. The molecule has 0 radical (unpaired) electrons. The van der Waals surface area contributed by atoms with Crippen LogP contribution in [0.3, 0.4) is 0 Å². The Labute approximate surface area is 182 Å². The zero-order chi connectivity index (χ0) is 24.0. The summed E-state index contributed by atoms with van der Waals surface area (Å²) in [6, 6.07) is 13.6. The number of nitrogens with two attached hydrogens (primary N) is 2. The van der Waals surface area contributed by atoms with Gasteiger partial charge in [0.1, 0.15) is 0 Å². The van der Waals surface area contributed by atoms with Crippen molar-refractivity contribution in [2.45, 2.75) is 18.9 Å². The monoisotopic (exact) mass is 464 g/mol. The smallest absolute Gasteiger partial charge is 0.336 e. The quantitative estimate of drug-likeness (QED) is 0.113. The maximum absolute atomic E-state index is 13.3. The van der Waals surface area contributed by atoms with Crippen LogP contribution in [0.4, 0.5) is 26.3 Å². The van der Waals surface area contributed by atoms with Gasteiger partial charge < -0.3 is 4.57 Å². The predicted octanol–water partition coefficient (Wildman–Crippen LogP) is 4.71. The molecule has 0 aliphatic heterocycles. The number of amidine groups is 1. The molecule has 3 aromatic carbocycles. The minimum Gasteiger partial charge on any atom is -0.336 e. The highest BCUT2D eigenvalue weighted by atomic mass is 19.4. The van der Waals surface area contributed by atoms with E-state index in [4.69, 9.17) is 11.3 Å². The van der Waals surface area contributed by atoms with E-state index in [9.17, 15) is 26.3 Å².